The van der Waals surface area contributed by atoms with E-state index in [1.807, 2.05) is 13.8 Å². The molecule has 0 aliphatic heterocycles. The van der Waals surface area contributed by atoms with E-state index in [1.54, 1.807) is 0 Å². The van der Waals surface area contributed by atoms with Gasteiger partial charge in [-0.1, -0.05) is 27.7 Å². The second kappa shape index (κ2) is 7.74. The van der Waals surface area contributed by atoms with Crippen molar-refractivity contribution in [3.8, 4) is 0 Å². The molecule has 3 N–H and O–H groups in total. The van der Waals surface area contributed by atoms with Gasteiger partial charge in [-0.3, -0.25) is 4.79 Å². The number of hydrogen-bond acceptors (Lipinski definition) is 3. The molecule has 18 heavy (non-hydrogen) atoms. The first-order valence-electron chi connectivity index (χ1n) is 7.05. The van der Waals surface area contributed by atoms with Gasteiger partial charge in [0, 0.05) is 12.6 Å². The van der Waals surface area contributed by atoms with E-state index in [9.17, 15) is 4.79 Å². The van der Waals surface area contributed by atoms with Gasteiger partial charge in [-0.05, 0) is 39.3 Å². The maximum atomic E-state index is 11.6. The lowest BCUT2D eigenvalue weighted by molar-refractivity contribution is -0.124. The molecule has 4 nitrogen and oxygen atoms in total. The molecule has 0 saturated heterocycles. The van der Waals surface area contributed by atoms with Crippen LogP contribution in [0.5, 0.6) is 0 Å². The molecular formula is C14H31N3O. The first-order chi connectivity index (χ1) is 8.26. The number of likely N-dealkylation sites (N-methyl/N-ethyl adjacent to an activating group) is 1. The standard InChI is InChI=1S/C14H31N3O/c1-7-16-14(6,13(15)18)9-12(5)17(8-2)10-11(3)4/h11-12,16H,7-10H2,1-6H3,(H2,15,18). The zero-order chi connectivity index (χ0) is 14.3. The molecule has 0 saturated carbocycles. The summed E-state index contributed by atoms with van der Waals surface area (Å²) >= 11 is 0. The van der Waals surface area contributed by atoms with Gasteiger partial charge in [-0.25, -0.2) is 0 Å². The molecule has 4 heteroatoms. The first kappa shape index (κ1) is 17.4. The Morgan fingerprint density at radius 2 is 1.89 bits per heavy atom. The van der Waals surface area contributed by atoms with Gasteiger partial charge in [-0.15, -0.1) is 0 Å². The summed E-state index contributed by atoms with van der Waals surface area (Å²) in [6.07, 6.45) is 0.747. The van der Waals surface area contributed by atoms with Crippen LogP contribution in [0.25, 0.3) is 0 Å². The molecule has 0 aromatic rings. The van der Waals surface area contributed by atoms with Crippen molar-refractivity contribution in [2.45, 2.75) is 59.5 Å². The zero-order valence-electron chi connectivity index (χ0n) is 12.9. The Balaban J connectivity index is 4.66. The minimum absolute atomic E-state index is 0.267. The monoisotopic (exact) mass is 257 g/mol. The van der Waals surface area contributed by atoms with Gasteiger partial charge in [0.25, 0.3) is 0 Å². The van der Waals surface area contributed by atoms with E-state index in [0.717, 1.165) is 26.1 Å². The number of primary amides is 1. The van der Waals surface area contributed by atoms with Crippen molar-refractivity contribution in [3.63, 3.8) is 0 Å². The van der Waals surface area contributed by atoms with Crippen molar-refractivity contribution in [1.29, 1.82) is 0 Å². The average Bonchev–Trinajstić information content (AvgIpc) is 2.25. The predicted octanol–water partition coefficient (Wildman–Crippen LogP) is 1.60. The Morgan fingerprint density at radius 3 is 2.22 bits per heavy atom. The van der Waals surface area contributed by atoms with Gasteiger partial charge in [0.2, 0.25) is 5.91 Å². The molecule has 108 valence electrons. The lowest BCUT2D eigenvalue weighted by Gasteiger charge is -2.36. The van der Waals surface area contributed by atoms with Crippen molar-refractivity contribution in [1.82, 2.24) is 10.2 Å². The fourth-order valence-corrected chi connectivity index (χ4v) is 2.46. The van der Waals surface area contributed by atoms with Gasteiger partial charge in [0.1, 0.15) is 0 Å². The van der Waals surface area contributed by atoms with Crippen LogP contribution in [0.1, 0.15) is 48.0 Å². The summed E-state index contributed by atoms with van der Waals surface area (Å²) in [5.74, 6) is 0.364. The number of nitrogens with one attached hydrogen (secondary N) is 1. The normalized spacial score (nSPS) is 16.9. The summed E-state index contributed by atoms with van der Waals surface area (Å²) in [7, 11) is 0. The smallest absolute Gasteiger partial charge is 0.237 e. The Bertz CT molecular complexity index is 255. The Hall–Kier alpha value is -0.610. The molecule has 1 amide bonds. The van der Waals surface area contributed by atoms with Crippen LogP contribution >= 0.6 is 0 Å². The van der Waals surface area contributed by atoms with Crippen LogP contribution in [0.2, 0.25) is 0 Å². The van der Waals surface area contributed by atoms with Crippen LogP contribution in [0.3, 0.4) is 0 Å². The molecule has 0 aromatic carbocycles. The van der Waals surface area contributed by atoms with E-state index in [-0.39, 0.29) is 5.91 Å². The quantitative estimate of drug-likeness (QED) is 0.659. The predicted molar refractivity (Wildman–Crippen MR) is 77.4 cm³/mol. The van der Waals surface area contributed by atoms with Crippen molar-refractivity contribution in [2.24, 2.45) is 11.7 Å². The average molecular weight is 257 g/mol. The van der Waals surface area contributed by atoms with Crippen LogP contribution < -0.4 is 11.1 Å². The number of carbonyl (C=O) groups is 1. The number of hydrogen-bond donors (Lipinski definition) is 2. The number of rotatable bonds is 9. The fraction of sp³-hybridized carbons (Fsp3) is 0.929. The highest BCUT2D eigenvalue weighted by atomic mass is 16.1. The Morgan fingerprint density at radius 1 is 1.33 bits per heavy atom. The minimum Gasteiger partial charge on any atom is -0.368 e. The van der Waals surface area contributed by atoms with Crippen LogP contribution in [-0.4, -0.2) is 42.0 Å². The van der Waals surface area contributed by atoms with E-state index in [2.05, 4.69) is 37.9 Å². The second-order valence-electron chi connectivity index (χ2n) is 5.76. The summed E-state index contributed by atoms with van der Waals surface area (Å²) < 4.78 is 0. The van der Waals surface area contributed by atoms with Crippen molar-refractivity contribution in [2.75, 3.05) is 19.6 Å². The summed E-state index contributed by atoms with van der Waals surface area (Å²) in [5, 5.41) is 3.22. The van der Waals surface area contributed by atoms with Gasteiger partial charge in [0.15, 0.2) is 0 Å². The minimum atomic E-state index is -0.613. The van der Waals surface area contributed by atoms with Crippen LogP contribution in [0.4, 0.5) is 0 Å². The highest BCUT2D eigenvalue weighted by molar-refractivity contribution is 5.84. The van der Waals surface area contributed by atoms with Gasteiger partial charge >= 0.3 is 0 Å². The van der Waals surface area contributed by atoms with E-state index >= 15 is 0 Å². The van der Waals surface area contributed by atoms with Crippen molar-refractivity contribution in [3.05, 3.63) is 0 Å². The van der Waals surface area contributed by atoms with Crippen LogP contribution in [-0.2, 0) is 4.79 Å². The SMILES string of the molecule is CCNC(C)(CC(C)N(CC)CC(C)C)C(N)=O. The fourth-order valence-electron chi connectivity index (χ4n) is 2.46. The maximum absolute atomic E-state index is 11.6. The van der Waals surface area contributed by atoms with Crippen LogP contribution in [0, 0.1) is 5.92 Å². The van der Waals surface area contributed by atoms with E-state index < -0.39 is 5.54 Å². The van der Waals surface area contributed by atoms with E-state index in [0.29, 0.717) is 12.0 Å². The topological polar surface area (TPSA) is 58.4 Å². The molecule has 0 fully saturated rings. The Kier molecular flexibility index (Phi) is 7.48. The van der Waals surface area contributed by atoms with Gasteiger partial charge in [-0.2, -0.15) is 0 Å². The molecule has 0 aliphatic carbocycles. The molecular weight excluding hydrogens is 226 g/mol. The van der Waals surface area contributed by atoms with Gasteiger partial charge < -0.3 is 16.0 Å². The molecule has 0 rings (SSSR count). The highest BCUT2D eigenvalue weighted by Crippen LogP contribution is 2.17. The lowest BCUT2D eigenvalue weighted by Crippen LogP contribution is -2.56. The lowest BCUT2D eigenvalue weighted by atomic mass is 9.91. The summed E-state index contributed by atoms with van der Waals surface area (Å²) in [5.41, 5.74) is 4.92. The van der Waals surface area contributed by atoms with E-state index in [1.165, 1.54) is 0 Å². The molecule has 0 radical (unpaired) electrons. The van der Waals surface area contributed by atoms with Crippen LogP contribution in [0.15, 0.2) is 0 Å². The highest BCUT2D eigenvalue weighted by Gasteiger charge is 2.33. The number of carbonyl (C=O) groups excluding carboxylic acids is 1. The maximum Gasteiger partial charge on any atom is 0.237 e. The molecule has 0 spiro atoms. The molecule has 2 unspecified atom stereocenters. The zero-order valence-corrected chi connectivity index (χ0v) is 12.9. The third kappa shape index (κ3) is 5.36. The summed E-state index contributed by atoms with van der Waals surface area (Å²) in [6, 6.07) is 0.342. The number of nitrogens with two attached hydrogens (primary N) is 1. The van der Waals surface area contributed by atoms with Crippen molar-refractivity contribution < 1.29 is 4.79 Å². The third-order valence-corrected chi connectivity index (χ3v) is 3.44. The van der Waals surface area contributed by atoms with Crippen molar-refractivity contribution >= 4 is 5.91 Å². The number of amides is 1. The number of nitrogens with zero attached hydrogens (tertiary/aromatic N) is 1. The Labute approximate surface area is 112 Å². The first-order valence-corrected chi connectivity index (χ1v) is 7.05. The second-order valence-corrected chi connectivity index (χ2v) is 5.76. The molecule has 0 heterocycles. The van der Waals surface area contributed by atoms with E-state index in [4.69, 9.17) is 5.73 Å². The molecule has 0 aromatic heterocycles. The summed E-state index contributed by atoms with van der Waals surface area (Å²) in [6.45, 7) is 15.5. The molecule has 0 aliphatic rings. The molecule has 2 atom stereocenters. The largest absolute Gasteiger partial charge is 0.368 e. The third-order valence-electron chi connectivity index (χ3n) is 3.44. The summed E-state index contributed by atoms with van der Waals surface area (Å²) in [4.78, 5) is 14.0. The molecule has 0 bridgehead atoms. The van der Waals surface area contributed by atoms with Gasteiger partial charge in [0.05, 0.1) is 5.54 Å².